The summed E-state index contributed by atoms with van der Waals surface area (Å²) in [7, 11) is 0. The molecule has 0 saturated heterocycles. The van der Waals surface area contributed by atoms with Crippen LogP contribution in [-0.4, -0.2) is 16.5 Å². The van der Waals surface area contributed by atoms with Crippen molar-refractivity contribution in [1.29, 1.82) is 0 Å². The predicted octanol–water partition coefficient (Wildman–Crippen LogP) is 3.24. The number of carbonyl (C=O) groups is 1. The number of hydrogen-bond donors (Lipinski definition) is 1. The van der Waals surface area contributed by atoms with Crippen LogP contribution >= 0.6 is 0 Å². The molecule has 128 valence electrons. The van der Waals surface area contributed by atoms with E-state index >= 15 is 0 Å². The average Bonchev–Trinajstić information content (AvgIpc) is 2.49. The Kier molecular flexibility index (Phi) is 5.96. The molecule has 4 nitrogen and oxygen atoms in total. The summed E-state index contributed by atoms with van der Waals surface area (Å²) < 4.78 is 1.75. The lowest BCUT2D eigenvalue weighted by atomic mass is 10.0. The summed E-state index contributed by atoms with van der Waals surface area (Å²) in [4.78, 5) is 23.3. The highest BCUT2D eigenvalue weighted by atomic mass is 16.1. The zero-order chi connectivity index (χ0) is 17.7. The lowest BCUT2D eigenvalue weighted by Crippen LogP contribution is -2.31. The van der Waals surface area contributed by atoms with Gasteiger partial charge in [0.25, 0.3) is 5.56 Å². The van der Waals surface area contributed by atoms with Crippen LogP contribution in [0.2, 0.25) is 0 Å². The number of nitrogens with zero attached hydrogens (tertiary/aromatic N) is 1. The number of rotatable bonds is 6. The van der Waals surface area contributed by atoms with Crippen LogP contribution in [0.3, 0.4) is 0 Å². The number of hydrogen-bond acceptors (Lipinski definition) is 2. The summed E-state index contributed by atoms with van der Waals surface area (Å²) in [5, 5.41) is 2.88. The van der Waals surface area contributed by atoms with Gasteiger partial charge in [0.05, 0.1) is 0 Å². The van der Waals surface area contributed by atoms with Gasteiger partial charge >= 0.3 is 0 Å². The molecule has 2 aromatic rings. The van der Waals surface area contributed by atoms with E-state index in [1.54, 1.807) is 10.6 Å². The SMILES string of the molecule is CC(=O)NC(C)Cc1ccc(-c2ccn(CC(C)C)c(=O)c2)cc1. The molecule has 1 unspecified atom stereocenters. The maximum atomic E-state index is 12.2. The van der Waals surface area contributed by atoms with Gasteiger partial charge in [0, 0.05) is 31.8 Å². The fourth-order valence-corrected chi connectivity index (χ4v) is 2.82. The number of amides is 1. The molecule has 0 saturated carbocycles. The molecule has 0 aliphatic carbocycles. The Morgan fingerprint density at radius 2 is 1.75 bits per heavy atom. The molecule has 1 amide bonds. The van der Waals surface area contributed by atoms with Crippen molar-refractivity contribution in [2.75, 3.05) is 0 Å². The second-order valence-corrected chi connectivity index (χ2v) is 6.80. The van der Waals surface area contributed by atoms with Gasteiger partial charge in [-0.2, -0.15) is 0 Å². The zero-order valence-electron chi connectivity index (χ0n) is 14.9. The average molecular weight is 326 g/mol. The summed E-state index contributed by atoms with van der Waals surface area (Å²) in [5.41, 5.74) is 3.15. The van der Waals surface area contributed by atoms with E-state index in [1.165, 1.54) is 6.92 Å². The largest absolute Gasteiger partial charge is 0.354 e. The van der Waals surface area contributed by atoms with E-state index in [9.17, 15) is 9.59 Å². The van der Waals surface area contributed by atoms with Crippen molar-refractivity contribution in [3.63, 3.8) is 0 Å². The van der Waals surface area contributed by atoms with Gasteiger partial charge < -0.3 is 9.88 Å². The van der Waals surface area contributed by atoms with Crippen LogP contribution < -0.4 is 10.9 Å². The minimum Gasteiger partial charge on any atom is -0.354 e. The van der Waals surface area contributed by atoms with Crippen LogP contribution in [0.4, 0.5) is 0 Å². The molecule has 0 spiro atoms. The molecule has 24 heavy (non-hydrogen) atoms. The molecule has 4 heteroatoms. The van der Waals surface area contributed by atoms with Crippen molar-refractivity contribution in [1.82, 2.24) is 9.88 Å². The van der Waals surface area contributed by atoms with E-state index in [4.69, 9.17) is 0 Å². The van der Waals surface area contributed by atoms with E-state index < -0.39 is 0 Å². The highest BCUT2D eigenvalue weighted by Gasteiger charge is 2.06. The summed E-state index contributed by atoms with van der Waals surface area (Å²) in [6.07, 6.45) is 2.65. The maximum absolute atomic E-state index is 12.2. The van der Waals surface area contributed by atoms with Crippen molar-refractivity contribution in [3.05, 3.63) is 58.5 Å². The fraction of sp³-hybridized carbons (Fsp3) is 0.400. The zero-order valence-corrected chi connectivity index (χ0v) is 14.9. The second kappa shape index (κ2) is 7.95. The Morgan fingerprint density at radius 1 is 1.08 bits per heavy atom. The van der Waals surface area contributed by atoms with Crippen molar-refractivity contribution in [2.45, 2.75) is 46.7 Å². The smallest absolute Gasteiger partial charge is 0.251 e. The third-order valence-electron chi connectivity index (χ3n) is 3.84. The highest BCUT2D eigenvalue weighted by molar-refractivity contribution is 5.73. The minimum absolute atomic E-state index is 0.0129. The summed E-state index contributed by atoms with van der Waals surface area (Å²) in [6, 6.07) is 11.9. The first-order chi connectivity index (χ1) is 11.3. The minimum atomic E-state index is -0.0129. The summed E-state index contributed by atoms with van der Waals surface area (Å²) in [5.74, 6) is 0.430. The number of aromatic nitrogens is 1. The second-order valence-electron chi connectivity index (χ2n) is 6.80. The normalized spacial score (nSPS) is 12.2. The first-order valence-corrected chi connectivity index (χ1v) is 8.42. The Labute approximate surface area is 143 Å². The molecular weight excluding hydrogens is 300 g/mol. The number of carbonyl (C=O) groups excluding carboxylic acids is 1. The first kappa shape index (κ1) is 18.0. The van der Waals surface area contributed by atoms with Gasteiger partial charge in [-0.3, -0.25) is 9.59 Å². The maximum Gasteiger partial charge on any atom is 0.251 e. The molecule has 1 heterocycles. The monoisotopic (exact) mass is 326 g/mol. The number of nitrogens with one attached hydrogen (secondary N) is 1. The van der Waals surface area contributed by atoms with Gasteiger partial charge in [-0.1, -0.05) is 38.1 Å². The molecule has 0 fully saturated rings. The van der Waals surface area contributed by atoms with Gasteiger partial charge in [0.2, 0.25) is 5.91 Å². The first-order valence-electron chi connectivity index (χ1n) is 8.42. The van der Waals surface area contributed by atoms with Crippen LogP contribution in [0.15, 0.2) is 47.4 Å². The van der Waals surface area contributed by atoms with Gasteiger partial charge in [0.1, 0.15) is 0 Å². The standard InChI is InChI=1S/C20H26N2O2/c1-14(2)13-22-10-9-19(12-20(22)24)18-7-5-17(6-8-18)11-15(3)21-16(4)23/h5-10,12,14-15H,11,13H2,1-4H3,(H,21,23). The molecule has 0 bridgehead atoms. The molecular formula is C20H26N2O2. The Balaban J connectivity index is 2.12. The van der Waals surface area contributed by atoms with Gasteiger partial charge in [-0.05, 0) is 42.0 Å². The van der Waals surface area contributed by atoms with E-state index in [1.807, 2.05) is 43.5 Å². The topological polar surface area (TPSA) is 51.1 Å². The summed E-state index contributed by atoms with van der Waals surface area (Å²) in [6.45, 7) is 8.45. The van der Waals surface area contributed by atoms with Gasteiger partial charge in [-0.15, -0.1) is 0 Å². The third kappa shape index (κ3) is 5.08. The van der Waals surface area contributed by atoms with Crippen LogP contribution in [0.5, 0.6) is 0 Å². The Bertz CT molecular complexity index is 745. The van der Waals surface area contributed by atoms with E-state index in [0.29, 0.717) is 5.92 Å². The lowest BCUT2D eigenvalue weighted by molar-refractivity contribution is -0.119. The molecule has 1 aromatic heterocycles. The number of pyridine rings is 1. The van der Waals surface area contributed by atoms with E-state index in [0.717, 1.165) is 29.7 Å². The van der Waals surface area contributed by atoms with Crippen molar-refractivity contribution in [3.8, 4) is 11.1 Å². The molecule has 1 aromatic carbocycles. The van der Waals surface area contributed by atoms with Crippen LogP contribution in [0, 0.1) is 5.92 Å². The van der Waals surface area contributed by atoms with Crippen molar-refractivity contribution < 1.29 is 4.79 Å². The molecule has 1 N–H and O–H groups in total. The Morgan fingerprint density at radius 3 is 2.29 bits per heavy atom. The van der Waals surface area contributed by atoms with E-state index in [2.05, 4.69) is 19.2 Å². The van der Waals surface area contributed by atoms with E-state index in [-0.39, 0.29) is 17.5 Å². The predicted molar refractivity (Wildman–Crippen MR) is 98.0 cm³/mol. The molecule has 0 aliphatic rings. The third-order valence-corrected chi connectivity index (χ3v) is 3.84. The van der Waals surface area contributed by atoms with Crippen LogP contribution in [-0.2, 0) is 17.8 Å². The molecule has 1 atom stereocenters. The lowest BCUT2D eigenvalue weighted by Gasteiger charge is -2.13. The van der Waals surface area contributed by atoms with Crippen LogP contribution in [0.1, 0.15) is 33.3 Å². The molecule has 2 rings (SSSR count). The quantitative estimate of drug-likeness (QED) is 0.886. The Hall–Kier alpha value is -2.36. The van der Waals surface area contributed by atoms with Crippen molar-refractivity contribution in [2.24, 2.45) is 5.92 Å². The van der Waals surface area contributed by atoms with Gasteiger partial charge in [-0.25, -0.2) is 0 Å². The summed E-state index contributed by atoms with van der Waals surface area (Å²) >= 11 is 0. The van der Waals surface area contributed by atoms with Gasteiger partial charge in [0.15, 0.2) is 0 Å². The molecule has 0 radical (unpaired) electrons. The fourth-order valence-electron chi connectivity index (χ4n) is 2.82. The number of benzene rings is 1. The molecule has 0 aliphatic heterocycles. The highest BCUT2D eigenvalue weighted by Crippen LogP contribution is 2.19. The van der Waals surface area contributed by atoms with Crippen molar-refractivity contribution >= 4 is 5.91 Å². The van der Waals surface area contributed by atoms with Crippen LogP contribution in [0.25, 0.3) is 11.1 Å².